The van der Waals surface area contributed by atoms with Gasteiger partial charge in [0.2, 0.25) is 0 Å². The van der Waals surface area contributed by atoms with Crippen molar-refractivity contribution in [3.05, 3.63) is 36.0 Å². The summed E-state index contributed by atoms with van der Waals surface area (Å²) in [7, 11) is 0. The SMILES string of the molecule is CCCNCc1cccc2ccn(CC(C)O)c12. The van der Waals surface area contributed by atoms with Crippen LogP contribution in [0.1, 0.15) is 25.8 Å². The summed E-state index contributed by atoms with van der Waals surface area (Å²) < 4.78 is 2.14. The number of aliphatic hydroxyl groups excluding tert-OH is 1. The molecular formula is C15H22N2O. The molecule has 0 saturated carbocycles. The predicted molar refractivity (Wildman–Crippen MR) is 75.6 cm³/mol. The van der Waals surface area contributed by atoms with Crippen molar-refractivity contribution in [1.29, 1.82) is 0 Å². The fraction of sp³-hybridized carbons (Fsp3) is 0.467. The molecule has 1 atom stereocenters. The molecule has 1 unspecified atom stereocenters. The predicted octanol–water partition coefficient (Wildman–Crippen LogP) is 2.52. The van der Waals surface area contributed by atoms with Crippen molar-refractivity contribution in [2.45, 2.75) is 39.5 Å². The Morgan fingerprint density at radius 3 is 2.89 bits per heavy atom. The van der Waals surface area contributed by atoms with E-state index in [1.54, 1.807) is 0 Å². The van der Waals surface area contributed by atoms with E-state index in [9.17, 15) is 5.11 Å². The molecule has 1 aromatic heterocycles. The Morgan fingerprint density at radius 1 is 1.33 bits per heavy atom. The van der Waals surface area contributed by atoms with Crippen LogP contribution in [0.2, 0.25) is 0 Å². The van der Waals surface area contributed by atoms with Gasteiger partial charge in [0, 0.05) is 19.3 Å². The first kappa shape index (κ1) is 13.1. The van der Waals surface area contributed by atoms with Crippen molar-refractivity contribution < 1.29 is 5.11 Å². The van der Waals surface area contributed by atoms with E-state index in [1.165, 1.54) is 16.5 Å². The van der Waals surface area contributed by atoms with E-state index in [2.05, 4.69) is 47.3 Å². The highest BCUT2D eigenvalue weighted by Gasteiger charge is 2.07. The molecule has 0 aliphatic heterocycles. The van der Waals surface area contributed by atoms with Gasteiger partial charge in [-0.3, -0.25) is 0 Å². The number of nitrogens with zero attached hydrogens (tertiary/aromatic N) is 1. The molecular weight excluding hydrogens is 224 g/mol. The molecule has 0 fully saturated rings. The zero-order valence-electron chi connectivity index (χ0n) is 11.2. The molecule has 0 amide bonds. The van der Waals surface area contributed by atoms with Crippen molar-refractivity contribution in [1.82, 2.24) is 9.88 Å². The van der Waals surface area contributed by atoms with Crippen LogP contribution in [0.5, 0.6) is 0 Å². The summed E-state index contributed by atoms with van der Waals surface area (Å²) in [5.41, 5.74) is 2.54. The fourth-order valence-corrected chi connectivity index (χ4v) is 2.32. The maximum atomic E-state index is 9.55. The van der Waals surface area contributed by atoms with Crippen LogP contribution < -0.4 is 5.32 Å². The van der Waals surface area contributed by atoms with Gasteiger partial charge in [0.25, 0.3) is 0 Å². The van der Waals surface area contributed by atoms with Gasteiger partial charge in [-0.15, -0.1) is 0 Å². The second-order valence-electron chi connectivity index (χ2n) is 4.85. The van der Waals surface area contributed by atoms with Crippen molar-refractivity contribution >= 4 is 10.9 Å². The Hall–Kier alpha value is -1.32. The summed E-state index contributed by atoms with van der Waals surface area (Å²) in [5, 5.41) is 14.2. The molecule has 2 N–H and O–H groups in total. The summed E-state index contributed by atoms with van der Waals surface area (Å²) in [5.74, 6) is 0. The number of benzene rings is 1. The second-order valence-corrected chi connectivity index (χ2v) is 4.85. The van der Waals surface area contributed by atoms with Crippen LogP contribution in [0.3, 0.4) is 0 Å². The van der Waals surface area contributed by atoms with Gasteiger partial charge in [-0.25, -0.2) is 0 Å². The Bertz CT molecular complexity index is 502. The van der Waals surface area contributed by atoms with Crippen LogP contribution in [0, 0.1) is 0 Å². The zero-order chi connectivity index (χ0) is 13.0. The highest BCUT2D eigenvalue weighted by atomic mass is 16.3. The van der Waals surface area contributed by atoms with Gasteiger partial charge in [0.05, 0.1) is 11.6 Å². The molecule has 18 heavy (non-hydrogen) atoms. The van der Waals surface area contributed by atoms with Crippen LogP contribution >= 0.6 is 0 Å². The van der Waals surface area contributed by atoms with Crippen molar-refractivity contribution in [2.24, 2.45) is 0 Å². The third-order valence-corrected chi connectivity index (χ3v) is 3.08. The van der Waals surface area contributed by atoms with Crippen LogP contribution in [-0.4, -0.2) is 22.3 Å². The summed E-state index contributed by atoms with van der Waals surface area (Å²) in [6.07, 6.45) is 2.88. The van der Waals surface area contributed by atoms with Gasteiger partial charge in [-0.1, -0.05) is 25.1 Å². The normalized spacial score (nSPS) is 13.1. The minimum absolute atomic E-state index is 0.322. The van der Waals surface area contributed by atoms with Crippen molar-refractivity contribution in [3.63, 3.8) is 0 Å². The molecule has 1 aromatic carbocycles. The van der Waals surface area contributed by atoms with E-state index in [-0.39, 0.29) is 6.10 Å². The van der Waals surface area contributed by atoms with Crippen LogP contribution in [-0.2, 0) is 13.1 Å². The Morgan fingerprint density at radius 2 is 2.17 bits per heavy atom. The summed E-state index contributed by atoms with van der Waals surface area (Å²) >= 11 is 0. The van der Waals surface area contributed by atoms with Crippen molar-refractivity contribution in [2.75, 3.05) is 6.54 Å². The topological polar surface area (TPSA) is 37.2 Å². The van der Waals surface area contributed by atoms with E-state index < -0.39 is 0 Å². The van der Waals surface area contributed by atoms with Gasteiger partial charge >= 0.3 is 0 Å². The maximum absolute atomic E-state index is 9.55. The van der Waals surface area contributed by atoms with Gasteiger partial charge in [-0.05, 0) is 36.9 Å². The molecule has 0 spiro atoms. The molecule has 98 valence electrons. The van der Waals surface area contributed by atoms with Gasteiger partial charge < -0.3 is 15.0 Å². The molecule has 1 heterocycles. The van der Waals surface area contributed by atoms with E-state index in [0.717, 1.165) is 19.5 Å². The number of aliphatic hydroxyl groups is 1. The van der Waals surface area contributed by atoms with Crippen LogP contribution in [0.4, 0.5) is 0 Å². The van der Waals surface area contributed by atoms with Crippen LogP contribution in [0.25, 0.3) is 10.9 Å². The first-order valence-electron chi connectivity index (χ1n) is 6.68. The maximum Gasteiger partial charge on any atom is 0.0691 e. The molecule has 0 aliphatic rings. The first-order chi connectivity index (χ1) is 8.72. The highest BCUT2D eigenvalue weighted by molar-refractivity contribution is 5.83. The molecule has 0 radical (unpaired) electrons. The Kier molecular flexibility index (Phi) is 4.39. The monoisotopic (exact) mass is 246 g/mol. The quantitative estimate of drug-likeness (QED) is 0.769. The molecule has 2 aromatic rings. The number of rotatable bonds is 6. The molecule has 0 bridgehead atoms. The van der Waals surface area contributed by atoms with Gasteiger partial charge in [0.1, 0.15) is 0 Å². The summed E-state index contributed by atoms with van der Waals surface area (Å²) in [6.45, 7) is 6.56. The third-order valence-electron chi connectivity index (χ3n) is 3.08. The minimum Gasteiger partial charge on any atom is -0.392 e. The van der Waals surface area contributed by atoms with Gasteiger partial charge in [-0.2, -0.15) is 0 Å². The Balaban J connectivity index is 2.29. The van der Waals surface area contributed by atoms with Crippen LogP contribution in [0.15, 0.2) is 30.5 Å². The molecule has 0 aliphatic carbocycles. The van der Waals surface area contributed by atoms with E-state index in [0.29, 0.717) is 6.54 Å². The van der Waals surface area contributed by atoms with E-state index >= 15 is 0 Å². The highest BCUT2D eigenvalue weighted by Crippen LogP contribution is 2.20. The standard InChI is InChI=1S/C15H22N2O/c1-3-8-16-10-14-6-4-5-13-7-9-17(15(13)14)11-12(2)18/h4-7,9,12,16,18H,3,8,10-11H2,1-2H3. The lowest BCUT2D eigenvalue weighted by Gasteiger charge is -2.12. The van der Waals surface area contributed by atoms with E-state index in [4.69, 9.17) is 0 Å². The second kappa shape index (κ2) is 6.03. The number of hydrogen-bond acceptors (Lipinski definition) is 2. The fourth-order valence-electron chi connectivity index (χ4n) is 2.32. The third kappa shape index (κ3) is 2.92. The molecule has 3 nitrogen and oxygen atoms in total. The molecule has 2 rings (SSSR count). The average Bonchev–Trinajstić information content (AvgIpc) is 2.73. The number of fused-ring (bicyclic) bond motifs is 1. The number of aromatic nitrogens is 1. The number of nitrogens with one attached hydrogen (secondary N) is 1. The lowest BCUT2D eigenvalue weighted by molar-refractivity contribution is 0.175. The smallest absolute Gasteiger partial charge is 0.0691 e. The lowest BCUT2D eigenvalue weighted by Crippen LogP contribution is -2.16. The van der Waals surface area contributed by atoms with Crippen molar-refractivity contribution in [3.8, 4) is 0 Å². The largest absolute Gasteiger partial charge is 0.392 e. The van der Waals surface area contributed by atoms with Gasteiger partial charge in [0.15, 0.2) is 0 Å². The average molecular weight is 246 g/mol. The van der Waals surface area contributed by atoms with E-state index in [1.807, 2.05) is 6.92 Å². The Labute approximate surface area is 108 Å². The first-order valence-corrected chi connectivity index (χ1v) is 6.68. The summed E-state index contributed by atoms with van der Waals surface area (Å²) in [4.78, 5) is 0. The molecule has 3 heteroatoms. The zero-order valence-corrected chi connectivity index (χ0v) is 11.2. The minimum atomic E-state index is -0.322. The number of hydrogen-bond donors (Lipinski definition) is 2. The summed E-state index contributed by atoms with van der Waals surface area (Å²) in [6, 6.07) is 8.49. The molecule has 0 saturated heterocycles. The lowest BCUT2D eigenvalue weighted by atomic mass is 10.1. The number of para-hydroxylation sites is 1.